The minimum Gasteiger partial charge on any atom is -0.465 e. The Bertz CT molecular complexity index is 1100. The van der Waals surface area contributed by atoms with E-state index in [2.05, 4.69) is 20.3 Å². The number of methoxy groups -OCH3 is 1. The third-order valence-electron chi connectivity index (χ3n) is 4.38. The predicted molar refractivity (Wildman–Crippen MR) is 111 cm³/mol. The molecule has 0 aliphatic heterocycles. The Kier molecular flexibility index (Phi) is 6.62. The maximum Gasteiger partial charge on any atom is 0.338 e. The number of aromatic nitrogens is 3. The highest BCUT2D eigenvalue weighted by molar-refractivity contribution is 7.98. The van der Waals surface area contributed by atoms with Crippen molar-refractivity contribution in [3.63, 3.8) is 0 Å². The summed E-state index contributed by atoms with van der Waals surface area (Å²) in [4.78, 5) is 35.4. The number of non-ortho nitro benzene ring substituents is 1. The molecule has 0 aliphatic rings. The molecule has 0 aliphatic carbocycles. The van der Waals surface area contributed by atoms with Crippen molar-refractivity contribution in [1.29, 1.82) is 0 Å². The number of thioether (sulfide) groups is 1. The van der Waals surface area contributed by atoms with E-state index < -0.39 is 22.8 Å². The average Bonchev–Trinajstić information content (AvgIpc) is 3.19. The van der Waals surface area contributed by atoms with Crippen molar-refractivity contribution in [1.82, 2.24) is 19.9 Å². The summed E-state index contributed by atoms with van der Waals surface area (Å²) in [7, 11) is 1.16. The van der Waals surface area contributed by atoms with Gasteiger partial charge in [0.1, 0.15) is 0 Å². The summed E-state index contributed by atoms with van der Waals surface area (Å²) in [6.45, 7) is 0. The number of hydrogen-bond donors (Lipinski definition) is 1. The third kappa shape index (κ3) is 4.57. The molecule has 2 heterocycles. The van der Waals surface area contributed by atoms with Crippen LogP contribution in [-0.4, -0.2) is 50.5 Å². The second-order valence-electron chi connectivity index (χ2n) is 6.31. The molecular formula is C19H19N5O5S. The van der Waals surface area contributed by atoms with Crippen LogP contribution in [-0.2, 0) is 4.74 Å². The van der Waals surface area contributed by atoms with E-state index in [4.69, 9.17) is 0 Å². The number of pyridine rings is 1. The fourth-order valence-corrected chi connectivity index (χ4v) is 3.40. The molecule has 0 fully saturated rings. The smallest absolute Gasteiger partial charge is 0.338 e. The predicted octanol–water partition coefficient (Wildman–Crippen LogP) is 2.65. The molecule has 11 heteroatoms. The summed E-state index contributed by atoms with van der Waals surface area (Å²) in [5.74, 6) is -0.0425. The van der Waals surface area contributed by atoms with Crippen molar-refractivity contribution >= 4 is 35.0 Å². The fraction of sp³-hybridized carbons (Fsp3) is 0.263. The van der Waals surface area contributed by atoms with Crippen LogP contribution < -0.4 is 5.32 Å². The molecular weight excluding hydrogens is 410 g/mol. The molecule has 10 nitrogen and oxygen atoms in total. The van der Waals surface area contributed by atoms with Gasteiger partial charge in [-0.2, -0.15) is 11.8 Å². The number of amides is 1. The number of ether oxygens (including phenoxy) is 1. The van der Waals surface area contributed by atoms with Crippen molar-refractivity contribution < 1.29 is 19.2 Å². The number of fused-ring (bicyclic) bond motifs is 1. The molecule has 3 aromatic rings. The van der Waals surface area contributed by atoms with Crippen LogP contribution in [0.15, 0.2) is 42.6 Å². The minimum absolute atomic E-state index is 0.0208. The summed E-state index contributed by atoms with van der Waals surface area (Å²) in [6.07, 6.45) is 4.32. The molecule has 0 bridgehead atoms. The van der Waals surface area contributed by atoms with E-state index in [-0.39, 0.29) is 16.8 Å². The van der Waals surface area contributed by atoms with Gasteiger partial charge >= 0.3 is 5.97 Å². The zero-order valence-corrected chi connectivity index (χ0v) is 17.1. The van der Waals surface area contributed by atoms with Crippen LogP contribution in [0.25, 0.3) is 5.65 Å². The van der Waals surface area contributed by atoms with E-state index in [0.717, 1.165) is 25.0 Å². The average molecular weight is 429 g/mol. The third-order valence-corrected chi connectivity index (χ3v) is 5.02. The van der Waals surface area contributed by atoms with Crippen molar-refractivity contribution in [3.05, 3.63) is 69.7 Å². The number of carbonyl (C=O) groups excluding carboxylic acids is 2. The second kappa shape index (κ2) is 9.35. The van der Waals surface area contributed by atoms with Crippen molar-refractivity contribution in [3.8, 4) is 0 Å². The van der Waals surface area contributed by atoms with Gasteiger partial charge in [0.05, 0.1) is 23.6 Å². The topological polar surface area (TPSA) is 129 Å². The molecule has 1 N–H and O–H groups in total. The Hall–Kier alpha value is -3.47. The van der Waals surface area contributed by atoms with E-state index in [1.54, 1.807) is 28.4 Å². The molecule has 156 valence electrons. The van der Waals surface area contributed by atoms with Gasteiger partial charge in [0.2, 0.25) is 0 Å². The zero-order valence-electron chi connectivity index (χ0n) is 16.3. The number of hydrogen-bond acceptors (Lipinski definition) is 8. The van der Waals surface area contributed by atoms with Gasteiger partial charge in [-0.05, 0) is 36.6 Å². The van der Waals surface area contributed by atoms with Crippen LogP contribution in [0.2, 0.25) is 0 Å². The molecule has 3 rings (SSSR count). The largest absolute Gasteiger partial charge is 0.465 e. The Balaban J connectivity index is 1.95. The first-order chi connectivity index (χ1) is 14.4. The number of esters is 1. The molecule has 1 amide bonds. The molecule has 0 radical (unpaired) electrons. The molecule has 30 heavy (non-hydrogen) atoms. The first-order valence-electron chi connectivity index (χ1n) is 8.92. The number of carbonyl (C=O) groups is 2. The summed E-state index contributed by atoms with van der Waals surface area (Å²) in [6, 6.07) is 8.43. The van der Waals surface area contributed by atoms with Crippen molar-refractivity contribution in [2.45, 2.75) is 12.5 Å². The Morgan fingerprint density at radius 1 is 1.27 bits per heavy atom. The van der Waals surface area contributed by atoms with Gasteiger partial charge in [-0.1, -0.05) is 6.07 Å². The van der Waals surface area contributed by atoms with Gasteiger partial charge in [0.25, 0.3) is 11.6 Å². The molecule has 0 saturated carbocycles. The lowest BCUT2D eigenvalue weighted by atomic mass is 10.1. The highest BCUT2D eigenvalue weighted by Crippen LogP contribution is 2.22. The van der Waals surface area contributed by atoms with E-state index in [1.807, 2.05) is 18.4 Å². The SMILES string of the molecule is COC(=O)c1cc(C(=O)NC(CCSC)c2nnc3ccccn23)cc([N+](=O)[O-])c1. The number of nitro groups is 1. The lowest BCUT2D eigenvalue weighted by Gasteiger charge is -2.17. The lowest BCUT2D eigenvalue weighted by Crippen LogP contribution is -2.30. The van der Waals surface area contributed by atoms with E-state index in [0.29, 0.717) is 17.9 Å². The summed E-state index contributed by atoms with van der Waals surface area (Å²) < 4.78 is 6.41. The number of rotatable bonds is 8. The van der Waals surface area contributed by atoms with E-state index in [9.17, 15) is 19.7 Å². The summed E-state index contributed by atoms with van der Waals surface area (Å²) in [5.41, 5.74) is 0.161. The number of benzene rings is 1. The van der Waals surface area contributed by atoms with Gasteiger partial charge in [-0.25, -0.2) is 4.79 Å². The van der Waals surface area contributed by atoms with E-state index in [1.165, 1.54) is 6.07 Å². The van der Waals surface area contributed by atoms with Gasteiger partial charge < -0.3 is 10.1 Å². The Morgan fingerprint density at radius 3 is 2.73 bits per heavy atom. The van der Waals surface area contributed by atoms with Gasteiger partial charge in [0, 0.05) is 23.9 Å². The van der Waals surface area contributed by atoms with Crippen LogP contribution in [0.5, 0.6) is 0 Å². The van der Waals surface area contributed by atoms with Gasteiger partial charge in [-0.3, -0.25) is 19.3 Å². The fourth-order valence-electron chi connectivity index (χ4n) is 2.92. The van der Waals surface area contributed by atoms with Crippen molar-refractivity contribution in [2.24, 2.45) is 0 Å². The maximum atomic E-state index is 12.9. The number of nitro benzene ring substituents is 1. The Morgan fingerprint density at radius 2 is 2.03 bits per heavy atom. The zero-order chi connectivity index (χ0) is 21.7. The van der Waals surface area contributed by atoms with Crippen LogP contribution in [0, 0.1) is 10.1 Å². The minimum atomic E-state index is -0.768. The molecule has 0 spiro atoms. The van der Waals surface area contributed by atoms with Crippen LogP contribution in [0.1, 0.15) is 39.0 Å². The molecule has 0 saturated heterocycles. The highest BCUT2D eigenvalue weighted by Gasteiger charge is 2.23. The second-order valence-corrected chi connectivity index (χ2v) is 7.30. The lowest BCUT2D eigenvalue weighted by molar-refractivity contribution is -0.384. The van der Waals surface area contributed by atoms with E-state index >= 15 is 0 Å². The number of nitrogens with one attached hydrogen (secondary N) is 1. The first-order valence-corrected chi connectivity index (χ1v) is 10.3. The Labute approximate surface area is 175 Å². The van der Waals surface area contributed by atoms with Crippen LogP contribution >= 0.6 is 11.8 Å². The first kappa shape index (κ1) is 21.2. The monoisotopic (exact) mass is 429 g/mol. The highest BCUT2D eigenvalue weighted by atomic mass is 32.2. The van der Waals surface area contributed by atoms with Gasteiger partial charge in [0.15, 0.2) is 11.5 Å². The quantitative estimate of drug-likeness (QED) is 0.329. The molecule has 1 atom stereocenters. The van der Waals surface area contributed by atoms with Crippen LogP contribution in [0.3, 0.4) is 0 Å². The maximum absolute atomic E-state index is 12.9. The summed E-state index contributed by atoms with van der Waals surface area (Å²) in [5, 5.41) is 22.4. The van der Waals surface area contributed by atoms with Crippen molar-refractivity contribution in [2.75, 3.05) is 19.1 Å². The standard InChI is InChI=1S/C19H19N5O5S/c1-29-19(26)13-9-12(10-14(11-13)24(27)28)18(25)20-15(6-8-30-2)17-22-21-16-5-3-4-7-23(16)17/h3-5,7,9-11,15H,6,8H2,1-2H3,(H,20,25). The van der Waals surface area contributed by atoms with Gasteiger partial charge in [-0.15, -0.1) is 10.2 Å². The molecule has 2 aromatic heterocycles. The van der Waals surface area contributed by atoms with Crippen LogP contribution in [0.4, 0.5) is 5.69 Å². The molecule has 1 aromatic carbocycles. The molecule has 1 unspecified atom stereocenters. The normalized spacial score (nSPS) is 11.8. The number of nitrogens with zero attached hydrogens (tertiary/aromatic N) is 4. The summed E-state index contributed by atoms with van der Waals surface area (Å²) >= 11 is 1.61.